The van der Waals surface area contributed by atoms with E-state index in [0.717, 1.165) is 30.1 Å². The van der Waals surface area contributed by atoms with Crippen molar-refractivity contribution in [3.63, 3.8) is 0 Å². The Morgan fingerprint density at radius 2 is 2.32 bits per heavy atom. The number of methoxy groups -OCH3 is 1. The van der Waals surface area contributed by atoms with Gasteiger partial charge in [-0.25, -0.2) is 4.98 Å². The van der Waals surface area contributed by atoms with Gasteiger partial charge in [-0.3, -0.25) is 0 Å². The number of aromatic nitrogens is 1. The van der Waals surface area contributed by atoms with Crippen LogP contribution in [0.2, 0.25) is 0 Å². The lowest BCUT2D eigenvalue weighted by Gasteiger charge is -2.06. The van der Waals surface area contributed by atoms with Crippen LogP contribution in [0.3, 0.4) is 0 Å². The van der Waals surface area contributed by atoms with E-state index < -0.39 is 0 Å². The summed E-state index contributed by atoms with van der Waals surface area (Å²) in [5.74, 6) is 1.53. The predicted molar refractivity (Wildman–Crippen MR) is 79.1 cm³/mol. The number of hydrogen-bond acceptors (Lipinski definition) is 4. The van der Waals surface area contributed by atoms with Crippen LogP contribution in [0.1, 0.15) is 22.9 Å². The normalized spacial score (nSPS) is 18.7. The van der Waals surface area contributed by atoms with Crippen LogP contribution in [0.5, 0.6) is 5.75 Å². The van der Waals surface area contributed by atoms with E-state index in [4.69, 9.17) is 9.72 Å². The molecule has 0 radical (unpaired) electrons. The molecule has 0 amide bonds. The van der Waals surface area contributed by atoms with Gasteiger partial charge in [0.15, 0.2) is 0 Å². The summed E-state index contributed by atoms with van der Waals surface area (Å²) in [5, 5.41) is 6.81. The van der Waals surface area contributed by atoms with Crippen molar-refractivity contribution in [3.8, 4) is 17.0 Å². The van der Waals surface area contributed by atoms with Crippen molar-refractivity contribution in [2.24, 2.45) is 0 Å². The van der Waals surface area contributed by atoms with Crippen LogP contribution < -0.4 is 10.1 Å². The molecule has 2 aromatic rings. The molecule has 0 saturated carbocycles. The molecule has 1 fully saturated rings. The maximum Gasteiger partial charge on any atom is 0.121 e. The van der Waals surface area contributed by atoms with E-state index in [9.17, 15) is 0 Å². The van der Waals surface area contributed by atoms with Gasteiger partial charge in [-0.1, -0.05) is 0 Å². The summed E-state index contributed by atoms with van der Waals surface area (Å²) in [7, 11) is 1.70. The van der Waals surface area contributed by atoms with Crippen molar-refractivity contribution < 1.29 is 4.74 Å². The fourth-order valence-corrected chi connectivity index (χ4v) is 3.48. The summed E-state index contributed by atoms with van der Waals surface area (Å²) >= 11 is 1.78. The molecule has 1 aromatic heterocycles. The molecule has 3 nitrogen and oxygen atoms in total. The summed E-state index contributed by atoms with van der Waals surface area (Å²) < 4.78 is 5.30. The fraction of sp³-hybridized carbons (Fsp3) is 0.400. The topological polar surface area (TPSA) is 34.1 Å². The number of hydrogen-bond donors (Lipinski definition) is 1. The minimum Gasteiger partial charge on any atom is -0.496 e. The van der Waals surface area contributed by atoms with Crippen LogP contribution in [0.15, 0.2) is 23.6 Å². The molecule has 0 bridgehead atoms. The average Bonchev–Trinajstić information content (AvgIpc) is 3.09. The molecule has 1 aliphatic heterocycles. The smallest absolute Gasteiger partial charge is 0.121 e. The Bertz CT molecular complexity index is 573. The van der Waals surface area contributed by atoms with Crippen LogP contribution in [0.25, 0.3) is 11.3 Å². The highest BCUT2D eigenvalue weighted by Gasteiger charge is 2.20. The van der Waals surface area contributed by atoms with E-state index in [-0.39, 0.29) is 0 Å². The average molecular weight is 274 g/mol. The molecule has 1 aromatic carbocycles. The number of thiazole rings is 1. The van der Waals surface area contributed by atoms with E-state index in [1.165, 1.54) is 17.0 Å². The SMILES string of the molecule is COc1ccc(-c2csc(C3CCNC3)n2)cc1C. The lowest BCUT2D eigenvalue weighted by molar-refractivity contribution is 0.412. The van der Waals surface area contributed by atoms with Crippen molar-refractivity contribution >= 4 is 11.3 Å². The monoisotopic (exact) mass is 274 g/mol. The lowest BCUT2D eigenvalue weighted by atomic mass is 10.1. The van der Waals surface area contributed by atoms with Gasteiger partial charge in [0.25, 0.3) is 0 Å². The van der Waals surface area contributed by atoms with E-state index >= 15 is 0 Å². The number of nitrogens with zero attached hydrogens (tertiary/aromatic N) is 1. The van der Waals surface area contributed by atoms with Crippen molar-refractivity contribution in [1.82, 2.24) is 10.3 Å². The molecule has 1 N–H and O–H groups in total. The van der Waals surface area contributed by atoms with Gasteiger partial charge in [0, 0.05) is 23.4 Å². The number of ether oxygens (including phenoxy) is 1. The quantitative estimate of drug-likeness (QED) is 0.933. The zero-order valence-corrected chi connectivity index (χ0v) is 12.1. The second-order valence-electron chi connectivity index (χ2n) is 4.95. The highest BCUT2D eigenvalue weighted by atomic mass is 32.1. The van der Waals surface area contributed by atoms with Crippen LogP contribution >= 0.6 is 11.3 Å². The third-order valence-corrected chi connectivity index (χ3v) is 4.63. The minimum absolute atomic E-state index is 0.595. The molecular weight excluding hydrogens is 256 g/mol. The number of nitrogens with one attached hydrogen (secondary N) is 1. The second-order valence-corrected chi connectivity index (χ2v) is 5.83. The number of aryl methyl sites for hydroxylation is 1. The first kappa shape index (κ1) is 12.6. The molecule has 0 aliphatic carbocycles. The van der Waals surface area contributed by atoms with Crippen LogP contribution in [0.4, 0.5) is 0 Å². The zero-order valence-electron chi connectivity index (χ0n) is 11.3. The summed E-state index contributed by atoms with van der Waals surface area (Å²) in [6, 6.07) is 6.24. The number of rotatable bonds is 3. The Labute approximate surface area is 117 Å². The lowest BCUT2D eigenvalue weighted by Crippen LogP contribution is -2.07. The highest BCUT2D eigenvalue weighted by Crippen LogP contribution is 2.31. The molecule has 19 heavy (non-hydrogen) atoms. The molecule has 1 saturated heterocycles. The predicted octanol–water partition coefficient (Wildman–Crippen LogP) is 3.20. The van der Waals surface area contributed by atoms with Gasteiger partial charge in [0.2, 0.25) is 0 Å². The van der Waals surface area contributed by atoms with Gasteiger partial charge in [-0.2, -0.15) is 0 Å². The standard InChI is InChI=1S/C15H18N2OS/c1-10-7-11(3-4-14(10)18-2)13-9-19-15(17-13)12-5-6-16-8-12/h3-4,7,9,12,16H,5-6,8H2,1-2H3. The molecule has 4 heteroatoms. The first-order chi connectivity index (χ1) is 9.28. The van der Waals surface area contributed by atoms with Crippen LogP contribution in [0, 0.1) is 6.92 Å². The summed E-state index contributed by atoms with van der Waals surface area (Å²) in [5.41, 5.74) is 3.40. The Kier molecular flexibility index (Phi) is 3.53. The molecule has 100 valence electrons. The fourth-order valence-electron chi connectivity index (χ4n) is 2.51. The zero-order chi connectivity index (χ0) is 13.2. The molecule has 2 heterocycles. The van der Waals surface area contributed by atoms with Crippen molar-refractivity contribution in [1.29, 1.82) is 0 Å². The minimum atomic E-state index is 0.595. The molecule has 1 atom stereocenters. The van der Waals surface area contributed by atoms with Crippen LogP contribution in [-0.2, 0) is 0 Å². The maximum atomic E-state index is 5.30. The van der Waals surface area contributed by atoms with E-state index in [0.29, 0.717) is 5.92 Å². The van der Waals surface area contributed by atoms with Gasteiger partial charge in [0.05, 0.1) is 17.8 Å². The first-order valence-electron chi connectivity index (χ1n) is 6.59. The van der Waals surface area contributed by atoms with Gasteiger partial charge >= 0.3 is 0 Å². The number of benzene rings is 1. The van der Waals surface area contributed by atoms with Gasteiger partial charge in [-0.05, 0) is 43.7 Å². The van der Waals surface area contributed by atoms with Crippen LogP contribution in [-0.4, -0.2) is 25.2 Å². The summed E-state index contributed by atoms with van der Waals surface area (Å²) in [4.78, 5) is 4.80. The highest BCUT2D eigenvalue weighted by molar-refractivity contribution is 7.10. The van der Waals surface area contributed by atoms with Crippen molar-refractivity contribution in [2.45, 2.75) is 19.3 Å². The van der Waals surface area contributed by atoms with Crippen molar-refractivity contribution in [3.05, 3.63) is 34.2 Å². The Morgan fingerprint density at radius 3 is 3.00 bits per heavy atom. The maximum absolute atomic E-state index is 5.30. The largest absolute Gasteiger partial charge is 0.496 e. The van der Waals surface area contributed by atoms with Gasteiger partial charge < -0.3 is 10.1 Å². The molecule has 1 aliphatic rings. The molecule has 1 unspecified atom stereocenters. The Morgan fingerprint density at radius 1 is 1.42 bits per heavy atom. The first-order valence-corrected chi connectivity index (χ1v) is 7.47. The second kappa shape index (κ2) is 5.31. The third kappa shape index (κ3) is 2.51. The van der Waals surface area contributed by atoms with Crippen molar-refractivity contribution in [2.75, 3.05) is 20.2 Å². The Hall–Kier alpha value is -1.39. The van der Waals surface area contributed by atoms with Gasteiger partial charge in [-0.15, -0.1) is 11.3 Å². The van der Waals surface area contributed by atoms with E-state index in [1.807, 2.05) is 6.07 Å². The third-order valence-electron chi connectivity index (χ3n) is 3.62. The molecular formula is C15H18N2OS. The Balaban J connectivity index is 1.87. The van der Waals surface area contributed by atoms with E-state index in [1.54, 1.807) is 18.4 Å². The summed E-state index contributed by atoms with van der Waals surface area (Å²) in [6.45, 7) is 4.24. The summed E-state index contributed by atoms with van der Waals surface area (Å²) in [6.07, 6.45) is 1.20. The van der Waals surface area contributed by atoms with Gasteiger partial charge in [0.1, 0.15) is 5.75 Å². The molecule has 3 rings (SSSR count). The molecule has 0 spiro atoms. The van der Waals surface area contributed by atoms with E-state index in [2.05, 4.69) is 29.8 Å².